The number of nitrogens with zero attached hydrogens (tertiary/aromatic N) is 1. The second-order valence-electron chi connectivity index (χ2n) is 9.63. The number of aromatic amines is 1. The normalized spacial score (nSPS) is 14.5. The molecule has 4 nitrogen and oxygen atoms in total. The molecule has 4 heteroatoms. The van der Waals surface area contributed by atoms with Crippen molar-refractivity contribution in [1.29, 1.82) is 0 Å². The molecular weight excluding hydrogens is 348 g/mol. The maximum Gasteiger partial charge on any atom is 0.215 e. The molecule has 0 unspecified atom stereocenters. The van der Waals surface area contributed by atoms with Crippen LogP contribution in [0.15, 0.2) is 41.4 Å². The highest BCUT2D eigenvalue weighted by molar-refractivity contribution is 6.55. The fourth-order valence-electron chi connectivity index (χ4n) is 3.57. The Balaban J connectivity index is 1.81. The largest absolute Gasteiger partial charge is 0.505 e. The van der Waals surface area contributed by atoms with E-state index in [0.717, 1.165) is 16.6 Å². The average Bonchev–Trinajstić information content (AvgIpc) is 3.10. The zero-order valence-electron chi connectivity index (χ0n) is 17.3. The van der Waals surface area contributed by atoms with Crippen molar-refractivity contribution in [3.8, 4) is 5.75 Å². The minimum atomic E-state index is -0.154. The van der Waals surface area contributed by atoms with Crippen LogP contribution >= 0.6 is 0 Å². The number of H-pyrrole nitrogens is 1. The average molecular weight is 374 g/mol. The molecule has 0 bridgehead atoms. The Hall–Kier alpha value is -2.88. The van der Waals surface area contributed by atoms with Gasteiger partial charge < -0.3 is 10.1 Å². The van der Waals surface area contributed by atoms with Gasteiger partial charge in [-0.1, -0.05) is 53.7 Å². The van der Waals surface area contributed by atoms with E-state index in [1.54, 1.807) is 0 Å². The summed E-state index contributed by atoms with van der Waals surface area (Å²) < 4.78 is 0. The van der Waals surface area contributed by atoms with Crippen molar-refractivity contribution in [2.75, 3.05) is 0 Å². The van der Waals surface area contributed by atoms with E-state index in [1.807, 2.05) is 36.4 Å². The maximum atomic E-state index is 13.1. The van der Waals surface area contributed by atoms with Gasteiger partial charge in [-0.15, -0.1) is 0 Å². The first-order valence-electron chi connectivity index (χ1n) is 9.60. The van der Waals surface area contributed by atoms with Crippen molar-refractivity contribution < 1.29 is 9.90 Å². The van der Waals surface area contributed by atoms with Crippen LogP contribution in [0, 0.1) is 0 Å². The topological polar surface area (TPSA) is 65.5 Å². The Morgan fingerprint density at radius 3 is 2.14 bits per heavy atom. The molecular formula is C24H26N2O2. The van der Waals surface area contributed by atoms with Gasteiger partial charge in [0.1, 0.15) is 11.4 Å². The molecule has 2 aromatic carbocycles. The first kappa shape index (κ1) is 18.5. The fourth-order valence-corrected chi connectivity index (χ4v) is 3.57. The maximum absolute atomic E-state index is 13.1. The summed E-state index contributed by atoms with van der Waals surface area (Å²) in [6.07, 6.45) is 0. The molecule has 2 heterocycles. The molecule has 144 valence electrons. The Labute approximate surface area is 165 Å². The highest BCUT2D eigenvalue weighted by Gasteiger charge is 2.31. The molecule has 0 saturated heterocycles. The van der Waals surface area contributed by atoms with Crippen molar-refractivity contribution in [3.05, 3.63) is 58.8 Å². The van der Waals surface area contributed by atoms with Crippen molar-refractivity contribution in [2.24, 2.45) is 4.99 Å². The number of Topliss-reactive ketones (excluding diaryl/α,β-unsaturated/α-hetero) is 1. The highest BCUT2D eigenvalue weighted by Crippen LogP contribution is 2.38. The van der Waals surface area contributed by atoms with Crippen LogP contribution in [0.1, 0.15) is 68.7 Å². The molecule has 0 atom stereocenters. The summed E-state index contributed by atoms with van der Waals surface area (Å²) in [5, 5.41) is 11.6. The van der Waals surface area contributed by atoms with Crippen LogP contribution in [0.4, 0.5) is 5.69 Å². The summed E-state index contributed by atoms with van der Waals surface area (Å²) >= 11 is 0. The molecule has 1 aromatic heterocycles. The lowest BCUT2D eigenvalue weighted by Crippen LogP contribution is -2.14. The van der Waals surface area contributed by atoms with E-state index >= 15 is 0 Å². The molecule has 0 amide bonds. The summed E-state index contributed by atoms with van der Waals surface area (Å²) in [5.41, 5.74) is 4.83. The summed E-state index contributed by atoms with van der Waals surface area (Å²) in [4.78, 5) is 20.8. The van der Waals surface area contributed by atoms with E-state index in [9.17, 15) is 9.90 Å². The molecule has 2 N–H and O–H groups in total. The molecule has 0 radical (unpaired) electrons. The Morgan fingerprint density at radius 2 is 1.50 bits per heavy atom. The predicted molar refractivity (Wildman–Crippen MR) is 114 cm³/mol. The minimum Gasteiger partial charge on any atom is -0.505 e. The van der Waals surface area contributed by atoms with Gasteiger partial charge in [-0.25, -0.2) is 4.99 Å². The van der Waals surface area contributed by atoms with E-state index in [-0.39, 0.29) is 28.1 Å². The van der Waals surface area contributed by atoms with Crippen LogP contribution in [0.25, 0.3) is 10.9 Å². The van der Waals surface area contributed by atoms with Crippen LogP contribution in [0.2, 0.25) is 0 Å². The van der Waals surface area contributed by atoms with Crippen molar-refractivity contribution in [1.82, 2.24) is 4.98 Å². The van der Waals surface area contributed by atoms with Crippen LogP contribution in [-0.4, -0.2) is 21.6 Å². The van der Waals surface area contributed by atoms with Crippen molar-refractivity contribution in [3.63, 3.8) is 0 Å². The van der Waals surface area contributed by atoms with E-state index in [0.29, 0.717) is 22.3 Å². The SMILES string of the molecule is CC(C)(C)c1ccc2c(c1)C(=O)C(c1[nH]c3ccc(C(C)(C)C)cc3c1O)=N2. The second-order valence-corrected chi connectivity index (χ2v) is 9.63. The number of carbonyl (C=O) groups is 1. The number of ketones is 1. The van der Waals surface area contributed by atoms with Gasteiger partial charge in [0.25, 0.3) is 0 Å². The number of aromatic hydroxyl groups is 1. The summed E-state index contributed by atoms with van der Waals surface area (Å²) in [7, 11) is 0. The van der Waals surface area contributed by atoms with Gasteiger partial charge in [-0.05, 0) is 46.2 Å². The molecule has 0 saturated carbocycles. The van der Waals surface area contributed by atoms with Crippen molar-refractivity contribution in [2.45, 2.75) is 52.4 Å². The van der Waals surface area contributed by atoms with Gasteiger partial charge in [0.05, 0.1) is 11.3 Å². The number of hydrogen-bond acceptors (Lipinski definition) is 3. The van der Waals surface area contributed by atoms with Crippen LogP contribution in [0.3, 0.4) is 0 Å². The third-order valence-corrected chi connectivity index (χ3v) is 5.43. The van der Waals surface area contributed by atoms with Gasteiger partial charge in [0.15, 0.2) is 5.75 Å². The molecule has 1 aliphatic rings. The van der Waals surface area contributed by atoms with Crippen LogP contribution < -0.4 is 0 Å². The lowest BCUT2D eigenvalue weighted by Gasteiger charge is -2.19. The monoisotopic (exact) mass is 374 g/mol. The number of benzene rings is 2. The number of carbonyl (C=O) groups excluding carboxylic acids is 1. The third-order valence-electron chi connectivity index (χ3n) is 5.43. The summed E-state index contributed by atoms with van der Waals surface area (Å²) in [6, 6.07) is 11.8. The quantitative estimate of drug-likeness (QED) is 0.566. The van der Waals surface area contributed by atoms with Gasteiger partial charge in [-0.3, -0.25) is 4.79 Å². The molecule has 0 spiro atoms. The van der Waals surface area contributed by atoms with Gasteiger partial charge in [0.2, 0.25) is 5.78 Å². The van der Waals surface area contributed by atoms with Crippen LogP contribution in [-0.2, 0) is 10.8 Å². The fraction of sp³-hybridized carbons (Fsp3) is 0.333. The zero-order chi connectivity index (χ0) is 20.4. The molecule has 28 heavy (non-hydrogen) atoms. The number of rotatable bonds is 1. The summed E-state index contributed by atoms with van der Waals surface area (Å²) in [6.45, 7) is 12.7. The van der Waals surface area contributed by atoms with E-state index < -0.39 is 0 Å². The Morgan fingerprint density at radius 1 is 0.893 bits per heavy atom. The second kappa shape index (κ2) is 5.81. The molecule has 0 aliphatic carbocycles. The number of hydrogen-bond donors (Lipinski definition) is 2. The zero-order valence-corrected chi connectivity index (χ0v) is 17.3. The number of aliphatic imine (C=N–C) groups is 1. The van der Waals surface area contributed by atoms with E-state index in [2.05, 4.69) is 51.5 Å². The molecule has 4 rings (SSSR count). The predicted octanol–water partition coefficient (Wildman–Crippen LogP) is 5.79. The highest BCUT2D eigenvalue weighted by atomic mass is 16.3. The van der Waals surface area contributed by atoms with Gasteiger partial charge >= 0.3 is 0 Å². The third kappa shape index (κ3) is 2.84. The minimum absolute atomic E-state index is 0.0294. The number of aromatic nitrogens is 1. The smallest absolute Gasteiger partial charge is 0.215 e. The van der Waals surface area contributed by atoms with Crippen LogP contribution in [0.5, 0.6) is 5.75 Å². The number of fused-ring (bicyclic) bond motifs is 2. The van der Waals surface area contributed by atoms with Gasteiger partial charge in [-0.2, -0.15) is 0 Å². The Bertz CT molecular complexity index is 1150. The van der Waals surface area contributed by atoms with Crippen molar-refractivity contribution >= 4 is 28.1 Å². The molecule has 3 aromatic rings. The Kier molecular flexibility index (Phi) is 3.83. The standard InChI is InChI=1S/C24H26N2O2/c1-23(2,3)13-7-9-17-15(11-13)21(27)19(25-17)20-22(28)16-12-14(24(4,5)6)8-10-18(16)26-20/h7-12,25,27H,1-6H3. The first-order valence-corrected chi connectivity index (χ1v) is 9.60. The lowest BCUT2D eigenvalue weighted by atomic mass is 9.85. The molecule has 0 fully saturated rings. The van der Waals surface area contributed by atoms with E-state index in [1.165, 1.54) is 0 Å². The van der Waals surface area contributed by atoms with E-state index in [4.69, 9.17) is 0 Å². The number of nitrogens with one attached hydrogen (secondary N) is 1. The lowest BCUT2D eigenvalue weighted by molar-refractivity contribution is 0.106. The molecule has 1 aliphatic heterocycles. The van der Waals surface area contributed by atoms with Gasteiger partial charge in [0, 0.05) is 10.9 Å². The first-order chi connectivity index (χ1) is 13.0. The summed E-state index contributed by atoms with van der Waals surface area (Å²) in [5.74, 6) is -0.0731.